The molecule has 4 nitrogen and oxygen atoms in total. The molecule has 0 atom stereocenters. The van der Waals surface area contributed by atoms with Crippen LogP contribution in [0.3, 0.4) is 0 Å². The molecular weight excluding hydrogens is 293 g/mol. The van der Waals surface area contributed by atoms with Crippen LogP contribution in [0.25, 0.3) is 0 Å². The zero-order valence-electron chi connectivity index (χ0n) is 10.4. The molecule has 0 aliphatic carbocycles. The molecule has 20 heavy (non-hydrogen) atoms. The number of alkyl halides is 3. The Hall–Kier alpha value is -1.28. The fraction of sp³-hybridized carbons (Fsp3) is 0.500. The van der Waals surface area contributed by atoms with E-state index in [0.29, 0.717) is 24.3 Å². The first kappa shape index (κ1) is 15.1. The summed E-state index contributed by atoms with van der Waals surface area (Å²) in [6.45, 7) is 0. The number of nitrogens with one attached hydrogen (secondary N) is 1. The number of pyridine rings is 1. The molecule has 0 radical (unpaired) electrons. The van der Waals surface area contributed by atoms with E-state index in [1.165, 1.54) is 0 Å². The van der Waals surface area contributed by atoms with E-state index in [0.717, 1.165) is 18.5 Å². The molecule has 1 aromatic heterocycles. The number of carbonyl (C=O) groups excluding carboxylic acids is 1. The van der Waals surface area contributed by atoms with Gasteiger partial charge < -0.3 is 9.87 Å². The third-order valence-corrected chi connectivity index (χ3v) is 4.48. The van der Waals surface area contributed by atoms with Crippen LogP contribution >= 0.6 is 0 Å². The highest BCUT2D eigenvalue weighted by Gasteiger charge is 2.35. The first-order valence-electron chi connectivity index (χ1n) is 6.05. The fourth-order valence-corrected chi connectivity index (χ4v) is 3.32. The van der Waals surface area contributed by atoms with Gasteiger partial charge in [0.15, 0.2) is 0 Å². The highest BCUT2D eigenvalue weighted by Crippen LogP contribution is 2.31. The quantitative estimate of drug-likeness (QED) is 0.847. The molecule has 2 rings (SSSR count). The Kier molecular flexibility index (Phi) is 4.54. The number of amides is 1. The van der Waals surface area contributed by atoms with Crippen LogP contribution in [0.2, 0.25) is 0 Å². The van der Waals surface area contributed by atoms with E-state index in [1.807, 2.05) is 0 Å². The molecule has 0 aromatic carbocycles. The van der Waals surface area contributed by atoms with Crippen molar-refractivity contribution in [2.24, 2.45) is 0 Å². The van der Waals surface area contributed by atoms with E-state index in [4.69, 9.17) is 0 Å². The van der Waals surface area contributed by atoms with Gasteiger partial charge in [-0.05, 0) is 6.07 Å². The minimum Gasteiger partial charge on any atom is -0.616 e. The Morgan fingerprint density at radius 3 is 2.65 bits per heavy atom. The van der Waals surface area contributed by atoms with Crippen LogP contribution in [-0.4, -0.2) is 33.0 Å². The van der Waals surface area contributed by atoms with E-state index in [9.17, 15) is 22.5 Å². The smallest absolute Gasteiger partial charge is 0.417 e. The largest absolute Gasteiger partial charge is 0.616 e. The van der Waals surface area contributed by atoms with Crippen LogP contribution in [0.1, 0.15) is 28.8 Å². The molecule has 1 aromatic rings. The predicted molar refractivity (Wildman–Crippen MR) is 67.6 cm³/mol. The molecule has 8 heteroatoms. The summed E-state index contributed by atoms with van der Waals surface area (Å²) in [4.78, 5) is 15.5. The summed E-state index contributed by atoms with van der Waals surface area (Å²) in [7, 11) is 0. The minimum absolute atomic E-state index is 0.235. The maximum Gasteiger partial charge on any atom is 0.417 e. The Labute approximate surface area is 117 Å². The van der Waals surface area contributed by atoms with Crippen LogP contribution in [0, 0.1) is 0 Å². The summed E-state index contributed by atoms with van der Waals surface area (Å²) in [6.07, 6.45) is -1.65. The molecule has 0 bridgehead atoms. The highest BCUT2D eigenvalue weighted by atomic mass is 32.2. The lowest BCUT2D eigenvalue weighted by molar-refractivity contribution is -0.138. The monoisotopic (exact) mass is 306 g/mol. The number of halogens is 3. The lowest BCUT2D eigenvalue weighted by Gasteiger charge is -2.25. The molecular formula is C12H13F3N2O2S. The molecule has 1 N–H and O–H groups in total. The van der Waals surface area contributed by atoms with Crippen molar-refractivity contribution in [3.8, 4) is 0 Å². The molecule has 110 valence electrons. The predicted octanol–water partition coefficient (Wildman–Crippen LogP) is 1.74. The van der Waals surface area contributed by atoms with E-state index in [-0.39, 0.29) is 6.04 Å². The molecule has 1 saturated heterocycles. The standard InChI is InChI=1S/C12H13F3N2O2S/c13-12(14,15)10-1-4-16-7-9(10)11(18)17-8-2-5-20(19)6-3-8/h1,4,7-8H,2-3,5-6H2,(H,17,18). The Morgan fingerprint density at radius 2 is 2.05 bits per heavy atom. The maximum atomic E-state index is 12.8. The van der Waals surface area contributed by atoms with Crippen molar-refractivity contribution in [1.82, 2.24) is 10.3 Å². The molecule has 0 spiro atoms. The van der Waals surface area contributed by atoms with E-state index < -0.39 is 34.4 Å². The van der Waals surface area contributed by atoms with Crippen molar-refractivity contribution < 1.29 is 22.5 Å². The van der Waals surface area contributed by atoms with Crippen molar-refractivity contribution in [1.29, 1.82) is 0 Å². The van der Waals surface area contributed by atoms with Gasteiger partial charge in [-0.25, -0.2) is 0 Å². The molecule has 1 amide bonds. The van der Waals surface area contributed by atoms with Gasteiger partial charge in [-0.15, -0.1) is 0 Å². The number of hydrogen-bond donors (Lipinski definition) is 1. The van der Waals surface area contributed by atoms with Gasteiger partial charge in [-0.2, -0.15) is 13.2 Å². The third kappa shape index (κ3) is 3.63. The van der Waals surface area contributed by atoms with Gasteiger partial charge >= 0.3 is 6.18 Å². The number of hydrogen-bond acceptors (Lipinski definition) is 3. The Morgan fingerprint density at radius 1 is 1.40 bits per heavy atom. The summed E-state index contributed by atoms with van der Waals surface area (Å²) < 4.78 is 49.6. The van der Waals surface area contributed by atoms with Crippen molar-refractivity contribution in [2.75, 3.05) is 11.5 Å². The lowest BCUT2D eigenvalue weighted by atomic mass is 10.1. The second-order valence-corrected chi connectivity index (χ2v) is 6.21. The summed E-state index contributed by atoms with van der Waals surface area (Å²) in [5, 5.41) is 2.55. The second kappa shape index (κ2) is 6.01. The molecule has 0 saturated carbocycles. The average Bonchev–Trinajstić information content (AvgIpc) is 2.40. The average molecular weight is 306 g/mol. The van der Waals surface area contributed by atoms with Gasteiger partial charge in [0.05, 0.1) is 11.1 Å². The van der Waals surface area contributed by atoms with Gasteiger partial charge in [0, 0.05) is 31.3 Å². The summed E-state index contributed by atoms with van der Waals surface area (Å²) in [6, 6.07) is 0.548. The topological polar surface area (TPSA) is 65.0 Å². The van der Waals surface area contributed by atoms with Crippen LogP contribution < -0.4 is 5.32 Å². The van der Waals surface area contributed by atoms with Crippen LogP contribution in [0.5, 0.6) is 0 Å². The fourth-order valence-electron chi connectivity index (χ4n) is 2.02. The van der Waals surface area contributed by atoms with E-state index in [1.54, 1.807) is 0 Å². The highest BCUT2D eigenvalue weighted by molar-refractivity contribution is 7.91. The van der Waals surface area contributed by atoms with Gasteiger partial charge in [-0.3, -0.25) is 9.78 Å². The SMILES string of the molecule is O=C(NC1CC[S+]([O-])CC1)c1cnccc1C(F)(F)F. The van der Waals surface area contributed by atoms with Crippen molar-refractivity contribution >= 4 is 17.1 Å². The van der Waals surface area contributed by atoms with Crippen LogP contribution in [0.4, 0.5) is 13.2 Å². The normalized spacial score (nSPS) is 23.4. The first-order chi connectivity index (χ1) is 9.38. The summed E-state index contributed by atoms with van der Waals surface area (Å²) in [5.41, 5.74) is -1.48. The summed E-state index contributed by atoms with van der Waals surface area (Å²) in [5.74, 6) is 0.136. The van der Waals surface area contributed by atoms with E-state index >= 15 is 0 Å². The number of nitrogens with zero attached hydrogens (tertiary/aromatic N) is 1. The van der Waals surface area contributed by atoms with E-state index in [2.05, 4.69) is 10.3 Å². The summed E-state index contributed by atoms with van der Waals surface area (Å²) >= 11 is -0.882. The second-order valence-electron chi connectivity index (χ2n) is 4.51. The number of carbonyl (C=O) groups is 1. The molecule has 1 aliphatic rings. The van der Waals surface area contributed by atoms with Crippen LogP contribution in [-0.2, 0) is 17.4 Å². The Balaban J connectivity index is 2.10. The minimum atomic E-state index is -4.59. The molecule has 2 heterocycles. The number of aromatic nitrogens is 1. The first-order valence-corrected chi connectivity index (χ1v) is 7.54. The zero-order valence-corrected chi connectivity index (χ0v) is 11.3. The van der Waals surface area contributed by atoms with Gasteiger partial charge in [0.1, 0.15) is 11.5 Å². The number of rotatable bonds is 2. The van der Waals surface area contributed by atoms with Gasteiger partial charge in [0.25, 0.3) is 5.91 Å². The Bertz CT molecular complexity index is 488. The van der Waals surface area contributed by atoms with Crippen molar-refractivity contribution in [3.05, 3.63) is 29.6 Å². The maximum absolute atomic E-state index is 12.8. The van der Waals surface area contributed by atoms with Gasteiger partial charge in [-0.1, -0.05) is 11.2 Å². The van der Waals surface area contributed by atoms with Gasteiger partial charge in [0.2, 0.25) is 0 Å². The van der Waals surface area contributed by atoms with Crippen LogP contribution in [0.15, 0.2) is 18.5 Å². The zero-order chi connectivity index (χ0) is 14.8. The van der Waals surface area contributed by atoms with Crippen molar-refractivity contribution in [3.63, 3.8) is 0 Å². The molecule has 1 aliphatic heterocycles. The third-order valence-electron chi connectivity index (χ3n) is 3.09. The van der Waals surface area contributed by atoms with Crippen molar-refractivity contribution in [2.45, 2.75) is 25.1 Å². The molecule has 0 unspecified atom stereocenters. The lowest BCUT2D eigenvalue weighted by Crippen LogP contribution is -2.41. The molecule has 1 fully saturated rings.